The van der Waals surface area contributed by atoms with Crippen LogP contribution in [0.15, 0.2) is 205 Å². The third-order valence-electron chi connectivity index (χ3n) is 22.8. The maximum absolute atomic E-state index is 14.9. The lowest BCUT2D eigenvalue weighted by molar-refractivity contribution is 0.00578. The zero-order chi connectivity index (χ0) is 106. The molecule has 0 bridgehead atoms. The number of aromatic carboxylic acids is 1. The highest BCUT2D eigenvalue weighted by molar-refractivity contribution is 14.1. The number of ether oxygens (including phenoxy) is 4. The van der Waals surface area contributed by atoms with Gasteiger partial charge in [0.15, 0.2) is 20.5 Å². The Morgan fingerprint density at radius 2 is 0.832 bits per heavy atom. The number of amides is 4. The molecule has 0 spiro atoms. The summed E-state index contributed by atoms with van der Waals surface area (Å²) in [6.07, 6.45) is 9.51. The minimum Gasteiger partial charge on any atom is -0.489 e. The first-order chi connectivity index (χ1) is 68.0. The maximum Gasteiger partial charge on any atom is 0.497 e. The highest BCUT2D eigenvalue weighted by atomic mass is 127. The van der Waals surface area contributed by atoms with Gasteiger partial charge in [-0.2, -0.15) is 19.6 Å². The minimum absolute atomic E-state index is 0.0197. The molecule has 26 nitrogen and oxygen atoms in total. The van der Waals surface area contributed by atoms with Crippen molar-refractivity contribution in [3.63, 3.8) is 0 Å². The van der Waals surface area contributed by atoms with Crippen molar-refractivity contribution in [2.24, 2.45) is 0 Å². The van der Waals surface area contributed by atoms with E-state index in [0.717, 1.165) is 57.6 Å². The Morgan fingerprint density at radius 3 is 1.22 bits per heavy atom. The van der Waals surface area contributed by atoms with Crippen LogP contribution in [0.2, 0.25) is 10.0 Å². The van der Waals surface area contributed by atoms with E-state index >= 15 is 0 Å². The normalized spacial score (nSPS) is 14.6. The van der Waals surface area contributed by atoms with Crippen LogP contribution in [0.1, 0.15) is 164 Å². The van der Waals surface area contributed by atoms with Gasteiger partial charge in [-0.1, -0.05) is 61.7 Å². The number of carboxylic acid groups (broad SMARTS) is 1. The second-order valence-electron chi connectivity index (χ2n) is 35.3. The minimum atomic E-state index is -1.13. The first-order valence-corrected chi connectivity index (χ1v) is 48.8. The fourth-order valence-electron chi connectivity index (χ4n) is 13.7. The van der Waals surface area contributed by atoms with E-state index in [9.17, 15) is 56.4 Å². The van der Waals surface area contributed by atoms with Gasteiger partial charge >= 0.3 is 20.2 Å². The Morgan fingerprint density at radius 1 is 0.483 bits per heavy atom. The molecule has 1 atom stereocenters. The fourth-order valence-corrected chi connectivity index (χ4v) is 15.1. The van der Waals surface area contributed by atoms with Gasteiger partial charge in [0.05, 0.1) is 95.6 Å². The van der Waals surface area contributed by atoms with E-state index in [2.05, 4.69) is 105 Å². The molecule has 0 saturated carbocycles. The molecule has 40 heteroatoms. The maximum atomic E-state index is 14.9. The Balaban J connectivity index is 0.000000192. The number of fused-ring (bicyclic) bond motifs is 3. The van der Waals surface area contributed by atoms with Crippen molar-refractivity contribution >= 4 is 182 Å². The molecule has 0 aliphatic carbocycles. The Bertz CT molecular complexity index is 6770. The Labute approximate surface area is 873 Å². The molecule has 7 aromatic carbocycles. The van der Waals surface area contributed by atoms with Crippen LogP contribution in [0.3, 0.4) is 0 Å². The summed E-state index contributed by atoms with van der Waals surface area (Å²) in [5.74, 6) is -2.95. The predicted molar refractivity (Wildman–Crippen MR) is 564 cm³/mol. The molecule has 4 aliphatic rings. The van der Waals surface area contributed by atoms with Gasteiger partial charge in [-0.25, -0.2) is 26.7 Å². The van der Waals surface area contributed by atoms with Gasteiger partial charge in [0.1, 0.15) is 101 Å². The van der Waals surface area contributed by atoms with Crippen molar-refractivity contribution in [1.82, 2.24) is 34.6 Å². The molecule has 17 rings (SSSR count). The Hall–Kier alpha value is -11.2. The number of hydrogen-bond donors (Lipinski definition) is 1. The molecular weight excluding hydrogens is 2150 g/mol. The third kappa shape index (κ3) is 30.3. The van der Waals surface area contributed by atoms with Gasteiger partial charge in [0.25, 0.3) is 23.6 Å². The molecule has 1 unspecified atom stereocenters. The summed E-state index contributed by atoms with van der Waals surface area (Å²) >= 11 is 19.9. The van der Waals surface area contributed by atoms with Crippen molar-refractivity contribution in [1.29, 1.82) is 11.9 Å². The largest absolute Gasteiger partial charge is 0.497 e. The van der Waals surface area contributed by atoms with Gasteiger partial charge in [0, 0.05) is 152 Å². The predicted octanol–water partition coefficient (Wildman–Crippen LogP) is 22.4. The standard InChI is InChI=1S/C28H24FN3O4.C18H24BNO4.C16H12ClFN2O2.C15H21BFNO3.C9H9BrFNO.C7H4BrFO2.C7H3ClINO.C3H8.BH3P/c1-32(2)28(33)18-3-5-22(23(29)14-18)26-15-24-27(36-26)21(7-10-31-24)17-4-6-25(19(13-17)16-30)35-20-8-11-34-12-9-20;1-17(2)18(3,4)24-19(23-17)14-5-6-16(13(11-14)12-20)22-15-7-9-21-10-8-15;1-20(2)16(21)9-3-4-10(12(18)7-9)14-8-13-15(22-14)11(17)5-6-19-13;1-14(2)15(3,4)21-16(20-14)11-8-7-10(9-12(11)17)13(19)18(5)6;1-12(2)9(13)6-3-4-7(10)8(11)5-6;8-5-2-1-4(7(10)11)3-6(5)9;8-4-1-2-10-5-3-6(9)11-7(4)5;1-3-2;1-2/h3-7,10,13-15,20H,8-9,11-12H2,1-2H3;5-6,11,15H,7-10H2,1-4H3;3-8H,1-2H3;7-9H,1-6H3;3-5H,1-2H3;1-3H,(H,10,11);1-3H;3H2,1-2H3;1H,2H2/i;;;;;;;;1D. The molecule has 751 valence electrons. The van der Waals surface area contributed by atoms with Crippen molar-refractivity contribution in [2.75, 3.05) is 82.8 Å². The van der Waals surface area contributed by atoms with E-state index < -0.39 is 71.7 Å². The molecule has 10 heterocycles. The molecule has 1 N–H and O–H groups in total. The SMILES string of the molecule is CC1(C)OB(c2ccc(OC3CCOCC3)c(C#N)c2)OC1(C)C.CCC.CN(C)C(=O)c1ccc(-c2cc3nccc(-c4ccc(OC5CCOCC5)c(C#N)c4)c3o2)c(F)c1.CN(C)C(=O)c1ccc(-c2cc3nccc(Cl)c3o2)c(F)c1.CN(C)C(=O)c1ccc(B2OC(C)(C)C(C)(C)O2)c(F)c1.CN(C)C(=O)c1ccc(Br)c(F)c1.Clc1ccnc2cc(I)oc12.O=C(O)c1ccc(Br)c(F)c1.[2H][B]P. The van der Waals surface area contributed by atoms with Crippen LogP contribution in [0.25, 0.3) is 67.1 Å². The number of rotatable bonds is 14. The summed E-state index contributed by atoms with van der Waals surface area (Å²) in [5, 5.41) is 28.7. The lowest BCUT2D eigenvalue weighted by Crippen LogP contribution is -2.41. The molecule has 4 amide bonds. The number of furan rings is 3. The van der Waals surface area contributed by atoms with E-state index in [4.69, 9.17) is 80.5 Å². The van der Waals surface area contributed by atoms with Crippen LogP contribution in [-0.2, 0) is 28.1 Å². The first kappa shape index (κ1) is 114. The zero-order valence-electron chi connectivity index (χ0n) is 82.9. The highest BCUT2D eigenvalue weighted by Crippen LogP contribution is 2.42. The summed E-state index contributed by atoms with van der Waals surface area (Å²) in [6.45, 7) is 22.7. The first-order valence-electron chi connectivity index (χ1n) is 45.3. The number of carbonyl (C=O) groups is 5. The van der Waals surface area contributed by atoms with Gasteiger partial charge in [0.2, 0.25) is 0 Å². The summed E-state index contributed by atoms with van der Waals surface area (Å²) in [5.41, 5.74) is 6.78. The van der Waals surface area contributed by atoms with Gasteiger partial charge in [-0.15, -0.1) is 0 Å². The van der Waals surface area contributed by atoms with Crippen molar-refractivity contribution in [3.05, 3.63) is 273 Å². The average molecular weight is 2260 g/mol. The van der Waals surface area contributed by atoms with Crippen LogP contribution >= 0.6 is 86.8 Å². The zero-order valence-corrected chi connectivity index (χ0v) is 89.9. The van der Waals surface area contributed by atoms with Gasteiger partial charge in [-0.3, -0.25) is 34.1 Å². The number of aromatic nitrogens is 3. The molecule has 143 heavy (non-hydrogen) atoms. The number of pyridine rings is 3. The van der Waals surface area contributed by atoms with Crippen LogP contribution in [-0.4, -0.2) is 210 Å². The number of carboxylic acids is 1. The molecule has 13 aromatic rings. The van der Waals surface area contributed by atoms with E-state index in [1.165, 1.54) is 88.1 Å². The van der Waals surface area contributed by atoms with Crippen LogP contribution < -0.4 is 20.4 Å². The third-order valence-corrected chi connectivity index (χ3v) is 25.2. The molecule has 1 radical (unpaired) electrons. The van der Waals surface area contributed by atoms with E-state index in [1.807, 2.05) is 79.7 Å². The van der Waals surface area contributed by atoms with Gasteiger partial charge < -0.3 is 75.5 Å². The smallest absolute Gasteiger partial charge is 0.489 e. The molecule has 6 aromatic heterocycles. The summed E-state index contributed by atoms with van der Waals surface area (Å²) in [4.78, 5) is 75.6. The van der Waals surface area contributed by atoms with Crippen molar-refractivity contribution < 1.29 is 102 Å². The number of hydrogen-bond acceptors (Lipinski definition) is 21. The van der Waals surface area contributed by atoms with E-state index in [1.54, 1.807) is 154 Å². The lowest BCUT2D eigenvalue weighted by Gasteiger charge is -2.32. The van der Waals surface area contributed by atoms with Crippen molar-refractivity contribution in [2.45, 2.75) is 136 Å². The summed E-state index contributed by atoms with van der Waals surface area (Å²) in [6, 6.07) is 46.6. The topological polar surface area (TPSA) is 318 Å². The quantitative estimate of drug-likeness (QED) is 0.0457. The second kappa shape index (κ2) is 52.1. The number of benzene rings is 7. The molecule has 4 aliphatic heterocycles. The number of nitrogens with zero attached hydrogens (tertiary/aromatic N) is 9. The summed E-state index contributed by atoms with van der Waals surface area (Å²) < 4.78 is 140. The van der Waals surface area contributed by atoms with Crippen LogP contribution in [0.5, 0.6) is 11.5 Å². The number of carbonyl (C=O) groups excluding carboxylic acids is 4. The Kier molecular flexibility index (Phi) is 41.4. The fraction of sp³-hybridized carbons (Fsp3) is 0.320. The number of nitriles is 2. The lowest BCUT2D eigenvalue weighted by atomic mass is 9.78. The average Bonchev–Trinajstić information content (AvgIpc) is 1.61. The van der Waals surface area contributed by atoms with E-state index in [-0.39, 0.29) is 68.1 Å². The van der Waals surface area contributed by atoms with Gasteiger partial charge in [-0.05, 0) is 250 Å². The van der Waals surface area contributed by atoms with Crippen LogP contribution in [0.4, 0.5) is 22.0 Å². The van der Waals surface area contributed by atoms with Crippen molar-refractivity contribution in [3.8, 4) is 57.4 Å². The number of halogens is 10. The molecular formula is C103H108B3Br2Cl2F5IN9O17P. The van der Waals surface area contributed by atoms with Crippen LogP contribution in [0, 0.1) is 55.5 Å². The van der Waals surface area contributed by atoms with E-state index in [0.29, 0.717) is 119 Å². The second-order valence-corrected chi connectivity index (χ2v) is 38.9. The summed E-state index contributed by atoms with van der Waals surface area (Å²) in [7, 11) is 15.0. The monoisotopic (exact) mass is 2260 g/mol. The highest BCUT2D eigenvalue weighted by Gasteiger charge is 2.53. The molecule has 4 fully saturated rings. The molecule has 4 saturated heterocycles.